The third-order valence-corrected chi connectivity index (χ3v) is 4.77. The van der Waals surface area contributed by atoms with Gasteiger partial charge in [-0.1, -0.05) is 60.7 Å². The van der Waals surface area contributed by atoms with Crippen molar-refractivity contribution >= 4 is 0 Å². The number of hydrogen-bond donors (Lipinski definition) is 2. The number of hydrogen-bond acceptors (Lipinski definition) is 4. The maximum atomic E-state index is 10.0. The molecule has 4 nitrogen and oxygen atoms in total. The molecule has 0 spiro atoms. The fourth-order valence-electron chi connectivity index (χ4n) is 3.44. The Morgan fingerprint density at radius 2 is 1.12 bits per heavy atom. The number of aliphatic hydroxyl groups excluding tert-OH is 2. The van der Waals surface area contributed by atoms with Gasteiger partial charge in [0, 0.05) is 5.41 Å². The summed E-state index contributed by atoms with van der Waals surface area (Å²) in [5.41, 5.74) is 1.88. The van der Waals surface area contributed by atoms with Crippen molar-refractivity contribution in [2.45, 2.75) is 38.3 Å². The third-order valence-electron chi connectivity index (χ3n) is 4.77. The molecule has 0 aliphatic heterocycles. The summed E-state index contributed by atoms with van der Waals surface area (Å²) in [6.45, 7) is 1.97. The summed E-state index contributed by atoms with van der Waals surface area (Å²) < 4.78 is 11.8. The van der Waals surface area contributed by atoms with E-state index in [-0.39, 0.29) is 5.41 Å². The van der Waals surface area contributed by atoms with E-state index in [1.165, 1.54) is 0 Å². The Hall–Kier alpha value is -1.72. The summed E-state index contributed by atoms with van der Waals surface area (Å²) in [6.07, 6.45) is -0.420. The lowest BCUT2D eigenvalue weighted by Gasteiger charge is -2.28. The molecule has 2 aromatic rings. The summed E-state index contributed by atoms with van der Waals surface area (Å²) in [5.74, 6) is 0. The zero-order valence-electron chi connectivity index (χ0n) is 14.4. The van der Waals surface area contributed by atoms with Crippen LogP contribution >= 0.6 is 0 Å². The number of ether oxygens (including phenoxy) is 2. The Kier molecular flexibility index (Phi) is 6.21. The van der Waals surface area contributed by atoms with Gasteiger partial charge >= 0.3 is 0 Å². The highest BCUT2D eigenvalue weighted by Crippen LogP contribution is 2.39. The predicted octanol–water partition coefficient (Wildman–Crippen LogP) is 2.92. The van der Waals surface area contributed by atoms with E-state index in [1.54, 1.807) is 0 Å². The molecule has 2 aromatic carbocycles. The highest BCUT2D eigenvalue weighted by Gasteiger charge is 2.44. The molecule has 0 bridgehead atoms. The molecule has 3 rings (SSSR count). The van der Waals surface area contributed by atoms with E-state index in [1.807, 2.05) is 60.7 Å². The lowest BCUT2D eigenvalue weighted by molar-refractivity contribution is -0.0366. The third kappa shape index (κ3) is 5.13. The van der Waals surface area contributed by atoms with Crippen LogP contribution in [0.4, 0.5) is 0 Å². The molecule has 0 aromatic heterocycles. The maximum Gasteiger partial charge on any atom is 0.0806 e. The van der Waals surface area contributed by atoms with E-state index in [2.05, 4.69) is 0 Å². The molecule has 134 valence electrons. The first-order valence-electron chi connectivity index (χ1n) is 8.76. The Labute approximate surface area is 149 Å². The van der Waals surface area contributed by atoms with Crippen molar-refractivity contribution in [3.63, 3.8) is 0 Å². The quantitative estimate of drug-likeness (QED) is 0.774. The second-order valence-electron chi connectivity index (χ2n) is 7.00. The largest absolute Gasteiger partial charge is 0.390 e. The second-order valence-corrected chi connectivity index (χ2v) is 7.00. The molecule has 4 heteroatoms. The van der Waals surface area contributed by atoms with Gasteiger partial charge in [0.15, 0.2) is 0 Å². The van der Waals surface area contributed by atoms with Gasteiger partial charge in [-0.3, -0.25) is 0 Å². The molecule has 1 aliphatic rings. The van der Waals surface area contributed by atoms with Crippen LogP contribution in [0.3, 0.4) is 0 Å². The average Bonchev–Trinajstić information content (AvgIpc) is 2.91. The van der Waals surface area contributed by atoms with E-state index in [0.29, 0.717) is 39.3 Å². The van der Waals surface area contributed by atoms with Crippen molar-refractivity contribution in [3.05, 3.63) is 71.8 Å². The molecule has 2 atom stereocenters. The second kappa shape index (κ2) is 8.59. The minimum absolute atomic E-state index is 0.345. The Morgan fingerprint density at radius 1 is 0.720 bits per heavy atom. The fraction of sp³-hybridized carbons (Fsp3) is 0.429. The van der Waals surface area contributed by atoms with Crippen LogP contribution < -0.4 is 0 Å². The predicted molar refractivity (Wildman–Crippen MR) is 95.9 cm³/mol. The molecular weight excluding hydrogens is 316 g/mol. The Bertz CT molecular complexity index is 571. The maximum absolute atomic E-state index is 10.0. The molecule has 1 aliphatic carbocycles. The van der Waals surface area contributed by atoms with Crippen molar-refractivity contribution in [1.29, 1.82) is 0 Å². The zero-order valence-corrected chi connectivity index (χ0v) is 14.4. The summed E-state index contributed by atoms with van der Waals surface area (Å²) in [7, 11) is 0. The van der Waals surface area contributed by atoms with Gasteiger partial charge in [0.05, 0.1) is 38.6 Å². The topological polar surface area (TPSA) is 58.9 Å². The molecule has 0 saturated heterocycles. The number of aliphatic hydroxyl groups is 2. The average molecular weight is 342 g/mol. The first-order valence-corrected chi connectivity index (χ1v) is 8.76. The lowest BCUT2D eigenvalue weighted by Crippen LogP contribution is -2.30. The standard InChI is InChI=1S/C21H26O4/c22-19-11-21(12-20(19)23,15-24-13-17-7-3-1-4-8-17)16-25-14-18-9-5-2-6-10-18/h1-10,19-20,22-23H,11-16H2/t19-,20-/m0/s1. The van der Waals surface area contributed by atoms with Crippen LogP contribution in [-0.2, 0) is 22.7 Å². The monoisotopic (exact) mass is 342 g/mol. The van der Waals surface area contributed by atoms with Gasteiger partial charge in [0.25, 0.3) is 0 Å². The van der Waals surface area contributed by atoms with Gasteiger partial charge in [0.2, 0.25) is 0 Å². The first-order chi connectivity index (χ1) is 12.2. The van der Waals surface area contributed by atoms with Gasteiger partial charge in [-0.15, -0.1) is 0 Å². The van der Waals surface area contributed by atoms with E-state index >= 15 is 0 Å². The fourth-order valence-corrected chi connectivity index (χ4v) is 3.44. The van der Waals surface area contributed by atoms with Crippen molar-refractivity contribution in [1.82, 2.24) is 0 Å². The van der Waals surface area contributed by atoms with Crippen LogP contribution in [0.25, 0.3) is 0 Å². The van der Waals surface area contributed by atoms with Gasteiger partial charge in [0.1, 0.15) is 0 Å². The van der Waals surface area contributed by atoms with E-state index in [4.69, 9.17) is 9.47 Å². The summed E-state index contributed by atoms with van der Waals surface area (Å²) >= 11 is 0. The summed E-state index contributed by atoms with van der Waals surface area (Å²) in [5, 5.41) is 20.0. The molecular formula is C21H26O4. The highest BCUT2D eigenvalue weighted by molar-refractivity contribution is 5.14. The van der Waals surface area contributed by atoms with Crippen LogP contribution in [0.2, 0.25) is 0 Å². The molecule has 25 heavy (non-hydrogen) atoms. The first kappa shape index (κ1) is 18.1. The van der Waals surface area contributed by atoms with Crippen LogP contribution in [0.15, 0.2) is 60.7 Å². The van der Waals surface area contributed by atoms with Crippen LogP contribution in [0, 0.1) is 5.41 Å². The summed E-state index contributed by atoms with van der Waals surface area (Å²) in [4.78, 5) is 0. The molecule has 0 unspecified atom stereocenters. The van der Waals surface area contributed by atoms with Crippen LogP contribution in [0.1, 0.15) is 24.0 Å². The van der Waals surface area contributed by atoms with Crippen molar-refractivity contribution in [3.8, 4) is 0 Å². The van der Waals surface area contributed by atoms with Crippen LogP contribution in [0.5, 0.6) is 0 Å². The molecule has 0 heterocycles. The molecule has 0 radical (unpaired) electrons. The normalized spacial score (nSPS) is 22.2. The molecule has 1 fully saturated rings. The van der Waals surface area contributed by atoms with Gasteiger partial charge < -0.3 is 19.7 Å². The lowest BCUT2D eigenvalue weighted by atomic mass is 9.88. The Morgan fingerprint density at radius 3 is 1.52 bits per heavy atom. The molecule has 2 N–H and O–H groups in total. The van der Waals surface area contributed by atoms with E-state index in [0.717, 1.165) is 11.1 Å². The van der Waals surface area contributed by atoms with Gasteiger partial charge in [-0.2, -0.15) is 0 Å². The number of rotatable bonds is 8. The van der Waals surface area contributed by atoms with Crippen molar-refractivity contribution in [2.24, 2.45) is 5.41 Å². The van der Waals surface area contributed by atoms with Crippen molar-refractivity contribution < 1.29 is 19.7 Å². The van der Waals surface area contributed by atoms with Crippen molar-refractivity contribution in [2.75, 3.05) is 13.2 Å². The van der Waals surface area contributed by atoms with E-state index in [9.17, 15) is 10.2 Å². The molecule has 1 saturated carbocycles. The molecule has 0 amide bonds. The minimum atomic E-state index is -0.708. The zero-order chi connectivity index (χ0) is 17.5. The SMILES string of the molecule is O[C@H]1CC(COCc2ccccc2)(COCc2ccccc2)C[C@@H]1O. The van der Waals surface area contributed by atoms with E-state index < -0.39 is 12.2 Å². The highest BCUT2D eigenvalue weighted by atomic mass is 16.5. The minimum Gasteiger partial charge on any atom is -0.390 e. The van der Waals surface area contributed by atoms with Crippen LogP contribution in [-0.4, -0.2) is 35.6 Å². The van der Waals surface area contributed by atoms with Gasteiger partial charge in [-0.25, -0.2) is 0 Å². The smallest absolute Gasteiger partial charge is 0.0806 e. The number of benzene rings is 2. The van der Waals surface area contributed by atoms with Gasteiger partial charge in [-0.05, 0) is 24.0 Å². The Balaban J connectivity index is 1.54. The summed E-state index contributed by atoms with van der Waals surface area (Å²) in [6, 6.07) is 20.0.